The van der Waals surface area contributed by atoms with Crippen LogP contribution in [0.15, 0.2) is 30.5 Å². The number of pyridine rings is 1. The van der Waals surface area contributed by atoms with Gasteiger partial charge < -0.3 is 14.8 Å². The molecule has 0 saturated heterocycles. The van der Waals surface area contributed by atoms with Gasteiger partial charge in [0.15, 0.2) is 23.0 Å². The number of hydrogen-bond acceptors (Lipinski definition) is 4. The predicted octanol–water partition coefficient (Wildman–Crippen LogP) is 2.82. The minimum absolute atomic E-state index is 0.132. The first kappa shape index (κ1) is 16.0. The zero-order chi connectivity index (χ0) is 16.1. The molecule has 0 radical (unpaired) electrons. The van der Waals surface area contributed by atoms with Crippen molar-refractivity contribution in [2.75, 3.05) is 14.2 Å². The van der Waals surface area contributed by atoms with Gasteiger partial charge in [-0.25, -0.2) is 9.37 Å². The highest BCUT2D eigenvalue weighted by Gasteiger charge is 2.17. The number of benzene rings is 1. The number of ether oxygens (including phenoxy) is 2. The molecule has 0 atom stereocenters. The Labute approximate surface area is 132 Å². The largest absolute Gasteiger partial charge is 0.493 e. The third-order valence-electron chi connectivity index (χ3n) is 2.98. The molecule has 0 aliphatic heterocycles. The second-order valence-electron chi connectivity index (χ2n) is 4.29. The van der Waals surface area contributed by atoms with Gasteiger partial charge >= 0.3 is 0 Å². The molecule has 5 nitrogen and oxygen atoms in total. The molecule has 116 valence electrons. The first-order valence-corrected chi connectivity index (χ1v) is 6.74. The first-order chi connectivity index (χ1) is 10.6. The van der Waals surface area contributed by atoms with Gasteiger partial charge in [-0.1, -0.05) is 23.7 Å². The summed E-state index contributed by atoms with van der Waals surface area (Å²) in [5.74, 6) is -0.463. The van der Waals surface area contributed by atoms with Gasteiger partial charge in [-0.15, -0.1) is 0 Å². The predicted molar refractivity (Wildman–Crippen MR) is 79.9 cm³/mol. The molecule has 0 aliphatic rings. The maximum absolute atomic E-state index is 13.7. The Balaban J connectivity index is 2.16. The molecule has 22 heavy (non-hydrogen) atoms. The van der Waals surface area contributed by atoms with Gasteiger partial charge in [0, 0.05) is 18.3 Å². The lowest BCUT2D eigenvalue weighted by atomic mass is 10.2. The lowest BCUT2D eigenvalue weighted by Crippen LogP contribution is -2.25. The molecular formula is C15H14ClFN2O3. The highest BCUT2D eigenvalue weighted by Crippen LogP contribution is 2.30. The van der Waals surface area contributed by atoms with E-state index in [1.807, 2.05) is 0 Å². The van der Waals surface area contributed by atoms with Crippen LogP contribution in [0.25, 0.3) is 0 Å². The number of methoxy groups -OCH3 is 2. The van der Waals surface area contributed by atoms with Crippen LogP contribution in [0.5, 0.6) is 11.5 Å². The quantitative estimate of drug-likeness (QED) is 0.918. The van der Waals surface area contributed by atoms with E-state index in [0.29, 0.717) is 17.1 Å². The second kappa shape index (κ2) is 7.09. The van der Waals surface area contributed by atoms with E-state index in [1.54, 1.807) is 18.2 Å². The summed E-state index contributed by atoms with van der Waals surface area (Å²) < 4.78 is 24.2. The molecule has 1 amide bonds. The molecule has 1 N–H and O–H groups in total. The van der Waals surface area contributed by atoms with Gasteiger partial charge in [-0.2, -0.15) is 0 Å². The maximum atomic E-state index is 13.7. The average Bonchev–Trinajstić information content (AvgIpc) is 2.54. The SMILES string of the molecule is COc1cccc(CNC(=O)c2nccc(Cl)c2F)c1OC. The third kappa shape index (κ3) is 3.28. The smallest absolute Gasteiger partial charge is 0.273 e. The van der Waals surface area contributed by atoms with E-state index in [2.05, 4.69) is 10.3 Å². The summed E-state index contributed by atoms with van der Waals surface area (Å²) in [6.07, 6.45) is 1.27. The Morgan fingerprint density at radius 2 is 2.09 bits per heavy atom. The summed E-state index contributed by atoms with van der Waals surface area (Å²) in [7, 11) is 3.02. The third-order valence-corrected chi connectivity index (χ3v) is 3.27. The van der Waals surface area contributed by atoms with Crippen LogP contribution in [0.3, 0.4) is 0 Å². The van der Waals surface area contributed by atoms with Crippen LogP contribution < -0.4 is 14.8 Å². The van der Waals surface area contributed by atoms with Gasteiger partial charge in [-0.05, 0) is 12.1 Å². The van der Waals surface area contributed by atoms with Gasteiger partial charge in [0.25, 0.3) is 5.91 Å². The number of nitrogens with zero attached hydrogens (tertiary/aromatic N) is 1. The average molecular weight is 325 g/mol. The van der Waals surface area contributed by atoms with Crippen LogP contribution in [-0.2, 0) is 6.54 Å². The van der Waals surface area contributed by atoms with Crippen LogP contribution >= 0.6 is 11.6 Å². The van der Waals surface area contributed by atoms with E-state index in [4.69, 9.17) is 21.1 Å². The number of carbonyl (C=O) groups is 1. The number of hydrogen-bond donors (Lipinski definition) is 1. The second-order valence-corrected chi connectivity index (χ2v) is 4.70. The van der Waals surface area contributed by atoms with E-state index in [0.717, 1.165) is 0 Å². The normalized spacial score (nSPS) is 10.2. The molecular weight excluding hydrogens is 311 g/mol. The van der Waals surface area contributed by atoms with Crippen LogP contribution in [0.2, 0.25) is 5.02 Å². The van der Waals surface area contributed by atoms with Crippen LogP contribution in [0, 0.1) is 5.82 Å². The Kier molecular flexibility index (Phi) is 5.16. The van der Waals surface area contributed by atoms with Crippen LogP contribution in [0.1, 0.15) is 16.1 Å². The molecule has 0 saturated carbocycles. The van der Waals surface area contributed by atoms with E-state index >= 15 is 0 Å². The zero-order valence-corrected chi connectivity index (χ0v) is 12.8. The highest BCUT2D eigenvalue weighted by atomic mass is 35.5. The zero-order valence-electron chi connectivity index (χ0n) is 12.0. The fraction of sp³-hybridized carbons (Fsp3) is 0.200. The lowest BCUT2D eigenvalue weighted by molar-refractivity contribution is 0.0941. The van der Waals surface area contributed by atoms with E-state index in [1.165, 1.54) is 26.5 Å². The van der Waals surface area contributed by atoms with Crippen molar-refractivity contribution in [1.82, 2.24) is 10.3 Å². The molecule has 0 bridgehead atoms. The van der Waals surface area contributed by atoms with E-state index < -0.39 is 11.7 Å². The molecule has 2 aromatic rings. The van der Waals surface area contributed by atoms with Crippen molar-refractivity contribution in [3.8, 4) is 11.5 Å². The van der Waals surface area contributed by atoms with Gasteiger partial charge in [0.05, 0.1) is 19.2 Å². The fourth-order valence-electron chi connectivity index (χ4n) is 1.93. The summed E-state index contributed by atoms with van der Waals surface area (Å²) in [4.78, 5) is 15.7. The Morgan fingerprint density at radius 1 is 1.32 bits per heavy atom. The van der Waals surface area contributed by atoms with Crippen LogP contribution in [-0.4, -0.2) is 25.1 Å². The molecule has 0 aliphatic carbocycles. The molecule has 2 rings (SSSR count). The molecule has 0 spiro atoms. The monoisotopic (exact) mass is 324 g/mol. The Bertz CT molecular complexity index is 694. The fourth-order valence-corrected chi connectivity index (χ4v) is 2.08. The molecule has 1 aromatic carbocycles. The van der Waals surface area contributed by atoms with Crippen LogP contribution in [0.4, 0.5) is 4.39 Å². The van der Waals surface area contributed by atoms with E-state index in [-0.39, 0.29) is 17.3 Å². The number of rotatable bonds is 5. The lowest BCUT2D eigenvalue weighted by Gasteiger charge is -2.13. The van der Waals surface area contributed by atoms with Crippen molar-refractivity contribution in [3.63, 3.8) is 0 Å². The van der Waals surface area contributed by atoms with Crippen molar-refractivity contribution < 1.29 is 18.7 Å². The van der Waals surface area contributed by atoms with Crippen molar-refractivity contribution >= 4 is 17.5 Å². The molecule has 0 unspecified atom stereocenters. The van der Waals surface area contributed by atoms with E-state index in [9.17, 15) is 9.18 Å². The standard InChI is InChI=1S/C15H14ClFN2O3/c1-21-11-5-3-4-9(14(11)22-2)8-19-15(20)13-12(17)10(16)6-7-18-13/h3-7H,8H2,1-2H3,(H,19,20). The number of carbonyl (C=O) groups excluding carboxylic acids is 1. The van der Waals surface area contributed by atoms with Gasteiger partial charge in [0.2, 0.25) is 0 Å². The molecule has 0 fully saturated rings. The van der Waals surface area contributed by atoms with Crippen molar-refractivity contribution in [3.05, 3.63) is 52.6 Å². The summed E-state index contributed by atoms with van der Waals surface area (Å²) in [6, 6.07) is 6.55. The summed E-state index contributed by atoms with van der Waals surface area (Å²) in [6.45, 7) is 0.132. The number of aromatic nitrogens is 1. The highest BCUT2D eigenvalue weighted by molar-refractivity contribution is 6.31. The summed E-state index contributed by atoms with van der Waals surface area (Å²) >= 11 is 5.63. The van der Waals surface area contributed by atoms with Crippen molar-refractivity contribution in [2.45, 2.75) is 6.54 Å². The minimum Gasteiger partial charge on any atom is -0.493 e. The van der Waals surface area contributed by atoms with Gasteiger partial charge in [0.1, 0.15) is 0 Å². The Morgan fingerprint density at radius 3 is 2.77 bits per heavy atom. The molecule has 1 heterocycles. The first-order valence-electron chi connectivity index (χ1n) is 6.36. The number of amides is 1. The molecule has 1 aromatic heterocycles. The molecule has 7 heteroatoms. The Hall–Kier alpha value is -2.34. The topological polar surface area (TPSA) is 60.5 Å². The maximum Gasteiger partial charge on any atom is 0.273 e. The number of nitrogens with one attached hydrogen (secondary N) is 1. The summed E-state index contributed by atoms with van der Waals surface area (Å²) in [5.41, 5.74) is 0.340. The minimum atomic E-state index is -0.848. The number of para-hydroxylation sites is 1. The number of halogens is 2. The summed E-state index contributed by atoms with van der Waals surface area (Å²) in [5, 5.41) is 2.42. The van der Waals surface area contributed by atoms with Crippen molar-refractivity contribution in [2.24, 2.45) is 0 Å². The van der Waals surface area contributed by atoms with Crippen molar-refractivity contribution in [1.29, 1.82) is 0 Å². The van der Waals surface area contributed by atoms with Gasteiger partial charge in [-0.3, -0.25) is 4.79 Å².